The van der Waals surface area contributed by atoms with E-state index in [4.69, 9.17) is 9.47 Å². The van der Waals surface area contributed by atoms with Crippen molar-refractivity contribution in [3.63, 3.8) is 0 Å². The molecular formula is C28H38N2O7S. The van der Waals surface area contributed by atoms with Crippen LogP contribution in [0.25, 0.3) is 10.8 Å². The fourth-order valence-corrected chi connectivity index (χ4v) is 5.87. The second-order valence-corrected chi connectivity index (χ2v) is 12.3. The third-order valence-electron chi connectivity index (χ3n) is 6.32. The zero-order valence-corrected chi connectivity index (χ0v) is 23.4. The molecule has 0 unspecified atom stereocenters. The zero-order valence-electron chi connectivity index (χ0n) is 22.6. The molecule has 0 saturated heterocycles. The lowest BCUT2D eigenvalue weighted by Crippen LogP contribution is -2.54. The molecular weight excluding hydrogens is 508 g/mol. The molecule has 10 heteroatoms. The summed E-state index contributed by atoms with van der Waals surface area (Å²) in [4.78, 5) is 40.4. The lowest BCUT2D eigenvalue weighted by molar-refractivity contribution is -0.158. The first-order valence-electron chi connectivity index (χ1n) is 13.1. The van der Waals surface area contributed by atoms with Gasteiger partial charge in [0, 0.05) is 6.04 Å². The van der Waals surface area contributed by atoms with E-state index >= 15 is 0 Å². The smallest absolute Gasteiger partial charge is 0.325 e. The first-order valence-corrected chi connectivity index (χ1v) is 14.6. The van der Waals surface area contributed by atoms with E-state index in [9.17, 15) is 22.8 Å². The first kappa shape index (κ1) is 29.6. The topological polar surface area (TPSA) is 119 Å². The van der Waals surface area contributed by atoms with Gasteiger partial charge in [0.1, 0.15) is 18.2 Å². The fraction of sp³-hybridized carbons (Fsp3) is 0.536. The number of esters is 2. The van der Waals surface area contributed by atoms with Crippen molar-refractivity contribution in [2.75, 3.05) is 13.2 Å². The Bertz CT molecular complexity index is 1250. The minimum Gasteiger partial charge on any atom is -0.465 e. The Morgan fingerprint density at radius 2 is 1.66 bits per heavy atom. The molecule has 3 rings (SSSR count). The van der Waals surface area contributed by atoms with Crippen LogP contribution in [0.1, 0.15) is 66.2 Å². The van der Waals surface area contributed by atoms with Gasteiger partial charge in [0.15, 0.2) is 0 Å². The molecule has 2 aromatic carbocycles. The number of nitrogens with zero attached hydrogens (tertiary/aromatic N) is 1. The maximum atomic E-state index is 13.9. The molecule has 208 valence electrons. The van der Waals surface area contributed by atoms with E-state index in [1.54, 1.807) is 45.9 Å². The minimum atomic E-state index is -4.21. The monoisotopic (exact) mass is 546 g/mol. The molecule has 1 fully saturated rings. The van der Waals surface area contributed by atoms with Gasteiger partial charge in [0.25, 0.3) is 0 Å². The van der Waals surface area contributed by atoms with Crippen LogP contribution in [0.5, 0.6) is 0 Å². The molecule has 1 atom stereocenters. The summed E-state index contributed by atoms with van der Waals surface area (Å²) in [6, 6.07) is 10.3. The molecule has 1 aliphatic carbocycles. The second-order valence-electron chi connectivity index (χ2n) is 10.5. The lowest BCUT2D eigenvalue weighted by atomic mass is 9.93. The Balaban J connectivity index is 1.94. The lowest BCUT2D eigenvalue weighted by Gasteiger charge is -2.36. The van der Waals surface area contributed by atoms with Crippen molar-refractivity contribution in [2.24, 2.45) is 0 Å². The van der Waals surface area contributed by atoms with E-state index in [0.717, 1.165) is 30.0 Å². The highest BCUT2D eigenvalue weighted by Crippen LogP contribution is 2.25. The van der Waals surface area contributed by atoms with Crippen LogP contribution in [-0.2, 0) is 33.9 Å². The number of carbonyl (C=O) groups excluding carboxylic acids is 3. The maximum absolute atomic E-state index is 13.9. The third-order valence-corrected chi connectivity index (χ3v) is 7.79. The largest absolute Gasteiger partial charge is 0.465 e. The second kappa shape index (κ2) is 12.7. The van der Waals surface area contributed by atoms with Gasteiger partial charge >= 0.3 is 11.9 Å². The Labute approximate surface area is 224 Å². The number of nitrogens with one attached hydrogen (secondary N) is 1. The Kier molecular flexibility index (Phi) is 9.89. The Morgan fingerprint density at radius 3 is 2.29 bits per heavy atom. The van der Waals surface area contributed by atoms with Crippen molar-refractivity contribution in [1.29, 1.82) is 0 Å². The van der Waals surface area contributed by atoms with Crippen LogP contribution in [0.3, 0.4) is 0 Å². The third kappa shape index (κ3) is 8.26. The van der Waals surface area contributed by atoms with Crippen LogP contribution in [0.2, 0.25) is 0 Å². The molecule has 1 amide bonds. The summed E-state index contributed by atoms with van der Waals surface area (Å²) in [5.74, 6) is -1.96. The van der Waals surface area contributed by atoms with Gasteiger partial charge in [0.05, 0.1) is 17.9 Å². The molecule has 1 aliphatic rings. The number of sulfonamides is 1. The number of hydrogen-bond acceptors (Lipinski definition) is 7. The average Bonchev–Trinajstić information content (AvgIpc) is 2.85. The van der Waals surface area contributed by atoms with Gasteiger partial charge in [-0.1, -0.05) is 49.6 Å². The fourth-order valence-electron chi connectivity index (χ4n) is 4.64. The predicted octanol–water partition coefficient (Wildman–Crippen LogP) is 3.94. The van der Waals surface area contributed by atoms with Gasteiger partial charge in [-0.2, -0.15) is 4.72 Å². The van der Waals surface area contributed by atoms with E-state index < -0.39 is 45.9 Å². The summed E-state index contributed by atoms with van der Waals surface area (Å²) in [5, 5.41) is 1.59. The summed E-state index contributed by atoms with van der Waals surface area (Å²) < 4.78 is 39.8. The highest BCUT2D eigenvalue weighted by Gasteiger charge is 2.37. The highest BCUT2D eigenvalue weighted by molar-refractivity contribution is 7.89. The van der Waals surface area contributed by atoms with Crippen molar-refractivity contribution in [3.05, 3.63) is 42.5 Å². The van der Waals surface area contributed by atoms with Crippen molar-refractivity contribution in [2.45, 2.75) is 88.8 Å². The van der Waals surface area contributed by atoms with Gasteiger partial charge in [-0.3, -0.25) is 14.4 Å². The van der Waals surface area contributed by atoms with Gasteiger partial charge < -0.3 is 14.4 Å². The van der Waals surface area contributed by atoms with Crippen molar-refractivity contribution in [1.82, 2.24) is 9.62 Å². The molecule has 0 spiro atoms. The maximum Gasteiger partial charge on any atom is 0.325 e. The molecule has 0 aliphatic heterocycles. The van der Waals surface area contributed by atoms with Crippen LogP contribution in [0.15, 0.2) is 47.4 Å². The highest BCUT2D eigenvalue weighted by atomic mass is 32.2. The molecule has 0 heterocycles. The van der Waals surface area contributed by atoms with Crippen LogP contribution >= 0.6 is 0 Å². The molecule has 0 aromatic heterocycles. The summed E-state index contributed by atoms with van der Waals surface area (Å²) in [5.41, 5.74) is -0.824. The Hall–Kier alpha value is -2.98. The average molecular weight is 547 g/mol. The summed E-state index contributed by atoms with van der Waals surface area (Å²) in [6.07, 6.45) is 3.64. The van der Waals surface area contributed by atoms with Gasteiger partial charge in [-0.15, -0.1) is 0 Å². The van der Waals surface area contributed by atoms with Crippen LogP contribution in [-0.4, -0.2) is 62.0 Å². The van der Waals surface area contributed by atoms with Gasteiger partial charge in [-0.05, 0) is 63.4 Å². The van der Waals surface area contributed by atoms with E-state index in [-0.39, 0.29) is 24.1 Å². The predicted molar refractivity (Wildman–Crippen MR) is 144 cm³/mol. The molecule has 0 bridgehead atoms. The van der Waals surface area contributed by atoms with Crippen molar-refractivity contribution >= 4 is 38.6 Å². The zero-order chi connectivity index (χ0) is 27.9. The van der Waals surface area contributed by atoms with E-state index in [1.807, 2.05) is 12.1 Å². The number of ether oxygens (including phenoxy) is 2. The van der Waals surface area contributed by atoms with Crippen molar-refractivity contribution in [3.8, 4) is 0 Å². The Morgan fingerprint density at radius 1 is 1.00 bits per heavy atom. The number of rotatable bonds is 10. The number of fused-ring (bicyclic) bond motifs is 1. The van der Waals surface area contributed by atoms with E-state index in [0.29, 0.717) is 12.8 Å². The molecule has 9 nitrogen and oxygen atoms in total. The summed E-state index contributed by atoms with van der Waals surface area (Å²) >= 11 is 0. The molecule has 2 aromatic rings. The quantitative estimate of drug-likeness (QED) is 0.448. The van der Waals surface area contributed by atoms with Crippen LogP contribution in [0, 0.1) is 0 Å². The van der Waals surface area contributed by atoms with Crippen LogP contribution in [0.4, 0.5) is 0 Å². The number of benzene rings is 2. The van der Waals surface area contributed by atoms with Gasteiger partial charge in [0.2, 0.25) is 15.9 Å². The number of hydrogen-bond donors (Lipinski definition) is 1. The standard InChI is InChI=1S/C28H38N2O7S/c1-5-36-26(32)19-30(22-13-7-6-8-14-22)27(33)24(18-25(31)37-28(2,3)4)29-38(34,35)23-16-15-20-11-9-10-12-21(20)17-23/h9-12,15-17,22,24,29H,5-8,13-14,18-19H2,1-4H3/t24-/m0/s1. The molecule has 1 N–H and O–H groups in total. The summed E-state index contributed by atoms with van der Waals surface area (Å²) in [7, 11) is -4.21. The first-order chi connectivity index (χ1) is 17.9. The van der Waals surface area contributed by atoms with Gasteiger partial charge in [-0.25, -0.2) is 8.42 Å². The molecule has 38 heavy (non-hydrogen) atoms. The van der Waals surface area contributed by atoms with E-state index in [2.05, 4.69) is 4.72 Å². The SMILES string of the molecule is CCOC(=O)CN(C(=O)[C@H](CC(=O)OC(C)(C)C)NS(=O)(=O)c1ccc2ccccc2c1)C1CCCCC1. The van der Waals surface area contributed by atoms with Crippen LogP contribution < -0.4 is 4.72 Å². The molecule has 0 radical (unpaired) electrons. The van der Waals surface area contributed by atoms with E-state index in [1.165, 1.54) is 17.0 Å². The number of amides is 1. The van der Waals surface area contributed by atoms with Crippen molar-refractivity contribution < 1.29 is 32.3 Å². The number of carbonyl (C=O) groups is 3. The minimum absolute atomic E-state index is 0.0344. The normalized spacial score (nSPS) is 15.6. The molecule has 1 saturated carbocycles. The summed E-state index contributed by atoms with van der Waals surface area (Å²) in [6.45, 7) is 6.58.